The zero-order valence-corrected chi connectivity index (χ0v) is 13.3. The van der Waals surface area contributed by atoms with Crippen LogP contribution in [0.25, 0.3) is 0 Å². The van der Waals surface area contributed by atoms with Gasteiger partial charge in [-0.1, -0.05) is 12.1 Å². The lowest BCUT2D eigenvalue weighted by atomic mass is 9.79. The molecule has 0 aliphatic carbocycles. The van der Waals surface area contributed by atoms with Crippen molar-refractivity contribution >= 4 is 5.90 Å². The van der Waals surface area contributed by atoms with Crippen LogP contribution in [0.15, 0.2) is 24.3 Å². The van der Waals surface area contributed by atoms with E-state index in [1.54, 1.807) is 0 Å². The minimum atomic E-state index is -0.671. The lowest BCUT2D eigenvalue weighted by Crippen LogP contribution is -2.30. The molecule has 6 nitrogen and oxygen atoms in total. The predicted octanol–water partition coefficient (Wildman–Crippen LogP) is 3.15. The fraction of sp³-hybridized carbons (Fsp3) is 0.353. The molecule has 23 heavy (non-hydrogen) atoms. The maximum absolute atomic E-state index is 9.49. The molecule has 1 aliphatic rings. The van der Waals surface area contributed by atoms with E-state index in [-0.39, 0.29) is 17.9 Å². The second-order valence-electron chi connectivity index (χ2n) is 5.85. The molecule has 0 bridgehead atoms. The molecular formula is C17H18N4O2. The van der Waals surface area contributed by atoms with Crippen LogP contribution < -0.4 is 9.47 Å². The fourth-order valence-electron chi connectivity index (χ4n) is 2.86. The highest BCUT2D eigenvalue weighted by Crippen LogP contribution is 2.42. The molecule has 2 atom stereocenters. The summed E-state index contributed by atoms with van der Waals surface area (Å²) in [5.74, 6) is 0.146. The SMILES string of the molecule is Cc1[nH]nc2c1C(c1ccc(OC(C)C)cc1)C(C#N)C(=N)O2. The molecule has 1 aromatic carbocycles. The first-order valence-electron chi connectivity index (χ1n) is 7.48. The number of aromatic amines is 1. The third-order valence-electron chi connectivity index (χ3n) is 3.84. The van der Waals surface area contributed by atoms with Crippen LogP contribution in [-0.4, -0.2) is 22.2 Å². The van der Waals surface area contributed by atoms with Crippen molar-refractivity contribution in [2.75, 3.05) is 0 Å². The molecule has 1 aromatic heterocycles. The van der Waals surface area contributed by atoms with Gasteiger partial charge >= 0.3 is 0 Å². The number of aryl methyl sites for hydroxylation is 1. The van der Waals surface area contributed by atoms with Crippen molar-refractivity contribution in [3.63, 3.8) is 0 Å². The number of rotatable bonds is 3. The van der Waals surface area contributed by atoms with E-state index in [0.29, 0.717) is 5.88 Å². The van der Waals surface area contributed by atoms with Gasteiger partial charge in [0, 0.05) is 17.2 Å². The number of nitrogens with zero attached hydrogens (tertiary/aromatic N) is 2. The van der Waals surface area contributed by atoms with Gasteiger partial charge in [-0.25, -0.2) is 0 Å². The summed E-state index contributed by atoms with van der Waals surface area (Å²) in [5.41, 5.74) is 2.62. The number of fused-ring (bicyclic) bond motifs is 1. The Balaban J connectivity index is 2.03. The van der Waals surface area contributed by atoms with Crippen molar-refractivity contribution in [1.82, 2.24) is 10.2 Å². The van der Waals surface area contributed by atoms with Crippen LogP contribution in [0.5, 0.6) is 11.6 Å². The summed E-state index contributed by atoms with van der Waals surface area (Å²) in [6, 6.07) is 9.82. The first-order valence-corrected chi connectivity index (χ1v) is 7.48. The van der Waals surface area contributed by atoms with Crippen LogP contribution in [0, 0.1) is 29.6 Å². The van der Waals surface area contributed by atoms with Gasteiger partial charge in [0.2, 0.25) is 11.8 Å². The van der Waals surface area contributed by atoms with Crippen molar-refractivity contribution in [2.45, 2.75) is 32.8 Å². The number of benzene rings is 1. The predicted molar refractivity (Wildman–Crippen MR) is 84.8 cm³/mol. The second kappa shape index (κ2) is 5.76. The summed E-state index contributed by atoms with van der Waals surface area (Å²) in [6.07, 6.45) is 0.103. The highest BCUT2D eigenvalue weighted by atomic mass is 16.5. The van der Waals surface area contributed by atoms with E-state index in [2.05, 4.69) is 16.3 Å². The van der Waals surface area contributed by atoms with Crippen molar-refractivity contribution in [2.24, 2.45) is 5.92 Å². The van der Waals surface area contributed by atoms with Crippen LogP contribution in [0.3, 0.4) is 0 Å². The molecular weight excluding hydrogens is 292 g/mol. The molecule has 2 N–H and O–H groups in total. The third-order valence-corrected chi connectivity index (χ3v) is 3.84. The molecule has 118 valence electrons. The lowest BCUT2D eigenvalue weighted by molar-refractivity contribution is 0.242. The maximum atomic E-state index is 9.49. The highest BCUT2D eigenvalue weighted by Gasteiger charge is 2.39. The first kappa shape index (κ1) is 15.1. The quantitative estimate of drug-likeness (QED) is 0.910. The van der Waals surface area contributed by atoms with Crippen LogP contribution in [0.2, 0.25) is 0 Å². The van der Waals surface area contributed by atoms with Gasteiger partial charge in [0.05, 0.1) is 12.2 Å². The Kier molecular flexibility index (Phi) is 3.78. The molecule has 0 saturated heterocycles. The normalized spacial score (nSPS) is 19.9. The molecule has 3 rings (SSSR count). The summed E-state index contributed by atoms with van der Waals surface area (Å²) in [7, 11) is 0. The smallest absolute Gasteiger partial charge is 0.243 e. The van der Waals surface area contributed by atoms with Gasteiger partial charge in [-0.3, -0.25) is 10.5 Å². The highest BCUT2D eigenvalue weighted by molar-refractivity contribution is 5.84. The fourth-order valence-corrected chi connectivity index (χ4v) is 2.86. The molecule has 2 heterocycles. The number of nitriles is 1. The topological polar surface area (TPSA) is 94.8 Å². The number of nitrogens with one attached hydrogen (secondary N) is 2. The average Bonchev–Trinajstić information content (AvgIpc) is 2.87. The first-order chi connectivity index (χ1) is 11.0. The molecule has 0 saturated carbocycles. The molecule has 2 unspecified atom stereocenters. The van der Waals surface area contributed by atoms with Crippen molar-refractivity contribution in [3.8, 4) is 17.7 Å². The number of hydrogen-bond acceptors (Lipinski definition) is 5. The number of aromatic nitrogens is 2. The zero-order valence-electron chi connectivity index (χ0n) is 13.3. The zero-order chi connectivity index (χ0) is 16.6. The third kappa shape index (κ3) is 2.66. The average molecular weight is 310 g/mol. The van der Waals surface area contributed by atoms with Gasteiger partial charge in [0.1, 0.15) is 11.7 Å². The van der Waals surface area contributed by atoms with Gasteiger partial charge in [0.15, 0.2) is 0 Å². The molecule has 2 aromatic rings. The minimum Gasteiger partial charge on any atom is -0.491 e. The molecule has 0 amide bonds. The Morgan fingerprint density at radius 2 is 2.04 bits per heavy atom. The van der Waals surface area contributed by atoms with Crippen LogP contribution >= 0.6 is 0 Å². The summed E-state index contributed by atoms with van der Waals surface area (Å²) in [6.45, 7) is 5.84. The monoisotopic (exact) mass is 310 g/mol. The van der Waals surface area contributed by atoms with Crippen molar-refractivity contribution in [1.29, 1.82) is 10.7 Å². The minimum absolute atomic E-state index is 0.0704. The number of hydrogen-bond donors (Lipinski definition) is 2. The van der Waals surface area contributed by atoms with E-state index in [0.717, 1.165) is 22.6 Å². The summed E-state index contributed by atoms with van der Waals surface area (Å²) in [5, 5.41) is 24.4. The van der Waals surface area contributed by atoms with Crippen LogP contribution in [0.4, 0.5) is 0 Å². The van der Waals surface area contributed by atoms with E-state index >= 15 is 0 Å². The van der Waals surface area contributed by atoms with E-state index in [1.165, 1.54) is 0 Å². The molecule has 0 fully saturated rings. The Hall–Kier alpha value is -2.81. The molecule has 0 radical (unpaired) electrons. The lowest BCUT2D eigenvalue weighted by Gasteiger charge is -2.27. The van der Waals surface area contributed by atoms with Gasteiger partial charge in [-0.15, -0.1) is 5.10 Å². The van der Waals surface area contributed by atoms with Gasteiger partial charge in [0.25, 0.3) is 0 Å². The number of ether oxygens (including phenoxy) is 2. The van der Waals surface area contributed by atoms with Crippen molar-refractivity contribution < 1.29 is 9.47 Å². The summed E-state index contributed by atoms with van der Waals surface area (Å²) >= 11 is 0. The molecule has 0 spiro atoms. The van der Waals surface area contributed by atoms with E-state index in [1.807, 2.05) is 45.0 Å². The van der Waals surface area contributed by atoms with E-state index in [4.69, 9.17) is 14.9 Å². The van der Waals surface area contributed by atoms with Crippen LogP contribution in [-0.2, 0) is 0 Å². The molecule has 1 aliphatic heterocycles. The van der Waals surface area contributed by atoms with E-state index < -0.39 is 5.92 Å². The van der Waals surface area contributed by atoms with Gasteiger partial charge in [-0.2, -0.15) is 5.26 Å². The second-order valence-corrected chi connectivity index (χ2v) is 5.85. The summed E-state index contributed by atoms with van der Waals surface area (Å²) < 4.78 is 11.0. The van der Waals surface area contributed by atoms with Crippen LogP contribution in [0.1, 0.15) is 36.6 Å². The largest absolute Gasteiger partial charge is 0.491 e. The summed E-state index contributed by atoms with van der Waals surface area (Å²) in [4.78, 5) is 0. The Morgan fingerprint density at radius 3 is 2.65 bits per heavy atom. The van der Waals surface area contributed by atoms with E-state index in [9.17, 15) is 5.26 Å². The Morgan fingerprint density at radius 1 is 1.35 bits per heavy atom. The van der Waals surface area contributed by atoms with Gasteiger partial charge < -0.3 is 9.47 Å². The molecule has 6 heteroatoms. The Bertz CT molecular complexity index is 771. The van der Waals surface area contributed by atoms with Gasteiger partial charge in [-0.05, 0) is 38.5 Å². The van der Waals surface area contributed by atoms with Crippen molar-refractivity contribution in [3.05, 3.63) is 41.1 Å². The standard InChI is InChI=1S/C17H18N4O2/c1-9(2)22-12-6-4-11(5-7-12)15-13(8-18)16(19)23-17-14(15)10(3)20-21-17/h4-7,9,13,15,19H,1-3H3,(H,20,21). The maximum Gasteiger partial charge on any atom is 0.243 e. The Labute approximate surface area is 134 Å². The number of H-pyrrole nitrogens is 1.